The molecule has 5 heterocycles. The van der Waals surface area contributed by atoms with Gasteiger partial charge in [0.2, 0.25) is 0 Å². The van der Waals surface area contributed by atoms with Gasteiger partial charge in [-0.05, 0) is 94.9 Å². The summed E-state index contributed by atoms with van der Waals surface area (Å²) in [4.78, 5) is 12.7. The zero-order valence-electron chi connectivity index (χ0n) is 40.8. The third kappa shape index (κ3) is 11.2. The molecule has 5 nitrogen and oxygen atoms in total. The maximum absolute atomic E-state index is 4.22. The molecule has 0 unspecified atom stereocenters. The molecule has 0 saturated carbocycles. The predicted molar refractivity (Wildman–Crippen MR) is 306 cm³/mol. The molecule has 9 aromatic carbocycles. The summed E-state index contributed by atoms with van der Waals surface area (Å²) in [7, 11) is 0. The number of rotatable bonds is 6. The maximum atomic E-state index is 4.22. The van der Waals surface area contributed by atoms with E-state index in [1.165, 1.54) is 66.1 Å². The van der Waals surface area contributed by atoms with E-state index >= 15 is 0 Å². The minimum atomic E-state index is 0. The summed E-state index contributed by atoms with van der Waals surface area (Å²) in [6.07, 6.45) is 5.36. The van der Waals surface area contributed by atoms with Crippen LogP contribution in [0.1, 0.15) is 0 Å². The Morgan fingerprint density at radius 1 is 0.267 bits per heavy atom. The Hall–Kier alpha value is -9.32. The molecule has 0 aliphatic rings. The molecule has 0 aliphatic carbocycles. The Balaban J connectivity index is 0.000000140. The van der Waals surface area contributed by atoms with Crippen LogP contribution in [-0.4, -0.2) is 24.1 Å². The van der Waals surface area contributed by atoms with Gasteiger partial charge in [0.1, 0.15) is 0 Å². The molecule has 0 bridgehead atoms. The zero-order chi connectivity index (χ0) is 49.7. The van der Waals surface area contributed by atoms with Crippen molar-refractivity contribution in [1.82, 2.24) is 24.1 Å². The molecule has 0 N–H and O–H groups in total. The van der Waals surface area contributed by atoms with Gasteiger partial charge in [0.05, 0.1) is 22.1 Å². The van der Waals surface area contributed by atoms with Crippen LogP contribution in [0.25, 0.3) is 99.9 Å². The van der Waals surface area contributed by atoms with Gasteiger partial charge in [0.25, 0.3) is 0 Å². The summed E-state index contributed by atoms with van der Waals surface area (Å²) in [5.41, 5.74) is 15.7. The van der Waals surface area contributed by atoms with Crippen LogP contribution in [0.15, 0.2) is 292 Å². The van der Waals surface area contributed by atoms with Gasteiger partial charge in [0.15, 0.2) is 0 Å². The fourth-order valence-electron chi connectivity index (χ4n) is 9.27. The molecule has 0 amide bonds. The molecule has 0 radical (unpaired) electrons. The van der Waals surface area contributed by atoms with E-state index in [1.54, 1.807) is 18.6 Å². The van der Waals surface area contributed by atoms with Crippen molar-refractivity contribution in [2.45, 2.75) is 0 Å². The standard InChI is InChI=1S/C36H24N2.3C11H8N.Ir/c1-5-19-33-29(15-1)30-16-2-6-20-34(30)37(33)27-13-9-11-25(23-27)26-12-10-14-28(24-26)38-35-21-7-3-17-31(35)32-18-4-8-22-36(32)38;3*1-2-6-10(7-3-1)11-8-4-5-9-12-11;/h1-24H;3*1-6,8-9H;/q;3*-1;+3. The number of hydrogen-bond donors (Lipinski definition) is 0. The summed E-state index contributed by atoms with van der Waals surface area (Å²) in [6.45, 7) is 0. The van der Waals surface area contributed by atoms with E-state index in [9.17, 15) is 0 Å². The van der Waals surface area contributed by atoms with Gasteiger partial charge < -0.3 is 24.1 Å². The average molecular weight is 1140 g/mol. The first kappa shape index (κ1) is 49.3. The monoisotopic (exact) mass is 1140 g/mol. The molecule has 358 valence electrons. The fourth-order valence-corrected chi connectivity index (χ4v) is 9.27. The summed E-state index contributed by atoms with van der Waals surface area (Å²) in [5.74, 6) is 0. The number of benzene rings is 9. The SMILES string of the molecule is [Ir+3].[c-]1ccccc1-c1ccccn1.[c-]1ccccc1-c1ccccn1.[c-]1ccccc1-c1ccccn1.c1cc(-c2cccc(-n3c4ccccc4c4ccccc43)c2)cc(-n2c3ccccc3c3ccccc32)c1. The second-order valence-electron chi connectivity index (χ2n) is 17.3. The second-order valence-corrected chi connectivity index (χ2v) is 17.3. The number of fused-ring (bicyclic) bond motifs is 6. The van der Waals surface area contributed by atoms with Crippen molar-refractivity contribution in [3.8, 4) is 56.3 Å². The fraction of sp³-hybridized carbons (Fsp3) is 0. The van der Waals surface area contributed by atoms with Gasteiger partial charge in [-0.2, -0.15) is 0 Å². The van der Waals surface area contributed by atoms with Gasteiger partial charge in [-0.3, -0.25) is 0 Å². The van der Waals surface area contributed by atoms with Gasteiger partial charge in [-0.15, -0.1) is 108 Å². The summed E-state index contributed by atoms with van der Waals surface area (Å²) in [6, 6.07) is 103. The largest absolute Gasteiger partial charge is 3.00 e. The molecular weight excluding hydrogens is 1090 g/mol. The third-order valence-corrected chi connectivity index (χ3v) is 12.7. The van der Waals surface area contributed by atoms with E-state index < -0.39 is 0 Å². The van der Waals surface area contributed by atoms with Gasteiger partial charge in [-0.1, -0.05) is 133 Å². The first-order valence-electron chi connectivity index (χ1n) is 24.6. The minimum Gasteiger partial charge on any atom is -0.309 e. The molecule has 5 aromatic heterocycles. The van der Waals surface area contributed by atoms with Gasteiger partial charge in [0, 0.05) is 51.5 Å². The molecular formula is C69H48IrN5. The summed E-state index contributed by atoms with van der Waals surface area (Å²) < 4.78 is 4.76. The van der Waals surface area contributed by atoms with Gasteiger partial charge >= 0.3 is 20.1 Å². The van der Waals surface area contributed by atoms with E-state index in [0.29, 0.717) is 0 Å². The molecule has 0 atom stereocenters. The Morgan fingerprint density at radius 3 is 0.840 bits per heavy atom. The number of nitrogens with zero attached hydrogens (tertiary/aromatic N) is 5. The van der Waals surface area contributed by atoms with E-state index in [2.05, 4.69) is 188 Å². The van der Waals surface area contributed by atoms with Crippen LogP contribution in [0.3, 0.4) is 0 Å². The molecule has 0 saturated heterocycles. The van der Waals surface area contributed by atoms with Crippen molar-refractivity contribution in [3.63, 3.8) is 0 Å². The molecule has 75 heavy (non-hydrogen) atoms. The Labute approximate surface area is 451 Å². The Morgan fingerprint density at radius 2 is 0.560 bits per heavy atom. The van der Waals surface area contributed by atoms with E-state index in [0.717, 1.165) is 33.8 Å². The van der Waals surface area contributed by atoms with Crippen LogP contribution in [0.2, 0.25) is 0 Å². The first-order valence-corrected chi connectivity index (χ1v) is 24.6. The smallest absolute Gasteiger partial charge is 0.309 e. The van der Waals surface area contributed by atoms with Crippen LogP contribution in [0.5, 0.6) is 0 Å². The van der Waals surface area contributed by atoms with Crippen molar-refractivity contribution >= 4 is 43.6 Å². The third-order valence-electron chi connectivity index (χ3n) is 12.7. The number of aromatic nitrogens is 5. The van der Waals surface area contributed by atoms with Crippen LogP contribution in [-0.2, 0) is 20.1 Å². The molecule has 14 rings (SSSR count). The molecule has 0 aliphatic heterocycles. The van der Waals surface area contributed by atoms with Crippen molar-refractivity contribution in [2.75, 3.05) is 0 Å². The molecule has 0 fully saturated rings. The minimum absolute atomic E-state index is 0. The average Bonchev–Trinajstić information content (AvgIpc) is 4.02. The molecule has 14 aromatic rings. The number of hydrogen-bond acceptors (Lipinski definition) is 3. The van der Waals surface area contributed by atoms with Crippen molar-refractivity contribution in [1.29, 1.82) is 0 Å². The topological polar surface area (TPSA) is 48.5 Å². The van der Waals surface area contributed by atoms with Crippen molar-refractivity contribution in [2.24, 2.45) is 0 Å². The quantitative estimate of drug-likeness (QED) is 0.156. The summed E-state index contributed by atoms with van der Waals surface area (Å²) >= 11 is 0. The zero-order valence-corrected chi connectivity index (χ0v) is 43.2. The number of para-hydroxylation sites is 4. The molecule has 0 spiro atoms. The Kier molecular flexibility index (Phi) is 15.7. The predicted octanol–water partition coefficient (Wildman–Crippen LogP) is 17.2. The van der Waals surface area contributed by atoms with Crippen molar-refractivity contribution in [3.05, 3.63) is 310 Å². The van der Waals surface area contributed by atoms with Gasteiger partial charge in [-0.25, -0.2) is 0 Å². The van der Waals surface area contributed by atoms with Crippen molar-refractivity contribution < 1.29 is 20.1 Å². The molecule has 6 heteroatoms. The summed E-state index contributed by atoms with van der Waals surface area (Å²) in [5, 5.41) is 5.12. The normalized spacial score (nSPS) is 10.6. The van der Waals surface area contributed by atoms with E-state index in [-0.39, 0.29) is 20.1 Å². The first-order chi connectivity index (χ1) is 36.8. The second kappa shape index (κ2) is 23.9. The maximum Gasteiger partial charge on any atom is 3.00 e. The van der Waals surface area contributed by atoms with Crippen LogP contribution >= 0.6 is 0 Å². The van der Waals surface area contributed by atoms with Crippen LogP contribution in [0.4, 0.5) is 0 Å². The Bertz CT molecular complexity index is 3500. The van der Waals surface area contributed by atoms with E-state index in [1.807, 2.05) is 127 Å². The van der Waals surface area contributed by atoms with Crippen LogP contribution in [0, 0.1) is 18.2 Å². The van der Waals surface area contributed by atoms with E-state index in [4.69, 9.17) is 0 Å². The number of pyridine rings is 3. The van der Waals surface area contributed by atoms with Crippen LogP contribution < -0.4 is 0 Å².